The molecule has 0 spiro atoms. The van der Waals surface area contributed by atoms with Crippen molar-refractivity contribution >= 4 is 86.5 Å². The molecule has 0 atom stereocenters. The molecule has 20 nitrogen and oxygen atoms in total. The number of benzene rings is 4. The Bertz CT molecular complexity index is 4990. The van der Waals surface area contributed by atoms with E-state index in [0.29, 0.717) is 160 Å². The third kappa shape index (κ3) is 20.8. The van der Waals surface area contributed by atoms with Crippen molar-refractivity contribution in [2.45, 2.75) is 158 Å². The minimum Gasteiger partial charge on any atom is -1.00 e. The number of nitrogens with one attached hydrogen (secondary N) is 8. The van der Waals surface area contributed by atoms with E-state index in [2.05, 4.69) is 74.3 Å². The molecule has 0 aliphatic carbocycles. The number of aromatic nitrogens is 4. The summed E-state index contributed by atoms with van der Waals surface area (Å²) in [5, 5.41) is 0. The normalized spacial score (nSPS) is 12.3. The Morgan fingerprint density at radius 2 is 0.482 bits per heavy atom. The Morgan fingerprint density at radius 3 is 0.700 bits per heavy atom. The average Bonchev–Trinajstić information content (AvgIpc) is 1.43. The number of fused-ring (bicyclic) bond motifs is 8. The summed E-state index contributed by atoms with van der Waals surface area (Å²) in [4.78, 5) is 28.1. The summed E-state index contributed by atoms with van der Waals surface area (Å²) in [6.07, 6.45) is 7.55. The van der Waals surface area contributed by atoms with E-state index in [0.717, 1.165) is 74.6 Å². The number of aryl methyl sites for hydroxylation is 8. The van der Waals surface area contributed by atoms with E-state index in [1.807, 2.05) is 156 Å². The van der Waals surface area contributed by atoms with E-state index < -0.39 is 40.1 Å². The van der Waals surface area contributed by atoms with Crippen molar-refractivity contribution in [3.63, 3.8) is 0 Å². The zero-order valence-corrected chi connectivity index (χ0v) is 75.4. The number of hydrogen-bond donors (Lipinski definition) is 8. The number of halogens is 5. The van der Waals surface area contributed by atoms with Gasteiger partial charge in [-0.1, -0.05) is 48.5 Å². The molecule has 2 aliphatic heterocycles. The fraction of sp³-hybridized carbons (Fsp3) is 0.450. The van der Waals surface area contributed by atoms with Crippen molar-refractivity contribution in [1.82, 2.24) is 38.8 Å². The van der Waals surface area contributed by atoms with Crippen LogP contribution in [0.5, 0.6) is 0 Å². The summed E-state index contributed by atoms with van der Waals surface area (Å²) in [5.41, 5.74) is 14.9. The van der Waals surface area contributed by atoms with E-state index in [1.54, 1.807) is 0 Å². The first-order valence-corrected chi connectivity index (χ1v) is 43.0. The third-order valence-corrected chi connectivity index (χ3v) is 28.4. The molecule has 9 rings (SSSR count). The summed E-state index contributed by atoms with van der Waals surface area (Å²) in [6, 6.07) is 15.1. The molecule has 110 heavy (non-hydrogen) atoms. The van der Waals surface area contributed by atoms with Gasteiger partial charge in [0.25, 0.3) is 0 Å². The second-order valence-corrected chi connectivity index (χ2v) is 35.0. The SMILES string of the molecule is CC[NH+](CC)CCNS(=O)(=O)c1c(C)cc(C)c(-c2c3nc(c(-c4c(C)cc(C)c(S(=O)(=O)NCC[NH+](CC)CC)c4C)c4ccc([n-]4)c(-c4c(C)cc(C)c(S(=O)(=O)NCC[NH+](CC)CC)c4C)c4ccc([n-]4)c(-c4c(C)cc(C)c(S(=O)(=O)NCC[NH+](CC)CC)c4C)c4nc2C=C4)C=C3)c1C.[Cl-].[Cl-].[Cl-].[Cl-].[Cl-].[Mn+3]. The van der Waals surface area contributed by atoms with Crippen LogP contribution in [0.4, 0.5) is 0 Å². The fourth-order valence-electron chi connectivity index (χ4n) is 16.1. The second-order valence-electron chi connectivity index (χ2n) is 28.1. The fourth-order valence-corrected chi connectivity index (χ4v) is 22.1. The van der Waals surface area contributed by atoms with Gasteiger partial charge in [-0.2, -0.15) is 0 Å². The van der Waals surface area contributed by atoms with Gasteiger partial charge in [0.05, 0.1) is 147 Å². The van der Waals surface area contributed by atoms with Crippen LogP contribution in [0.2, 0.25) is 0 Å². The smallest absolute Gasteiger partial charge is 1.00 e. The second kappa shape index (κ2) is 41.5. The van der Waals surface area contributed by atoms with Crippen molar-refractivity contribution in [1.29, 1.82) is 0 Å². The molecule has 4 aromatic carbocycles. The quantitative estimate of drug-likeness (QED) is 0.0183. The number of quaternary nitrogens is 4. The molecular weight excluding hydrogens is 1620 g/mol. The van der Waals surface area contributed by atoms with Crippen LogP contribution in [0.3, 0.4) is 0 Å². The van der Waals surface area contributed by atoms with Gasteiger partial charge in [0.2, 0.25) is 40.1 Å². The van der Waals surface area contributed by atoms with Crippen molar-refractivity contribution in [2.24, 2.45) is 0 Å². The summed E-state index contributed by atoms with van der Waals surface area (Å²) in [7, 11) is -16.6. The molecule has 606 valence electrons. The number of nitrogens with zero attached hydrogens (tertiary/aromatic N) is 4. The van der Waals surface area contributed by atoms with E-state index in [4.69, 9.17) is 19.9 Å². The van der Waals surface area contributed by atoms with Crippen LogP contribution in [-0.4, -0.2) is 148 Å². The monoisotopic (exact) mass is 1730 g/mol. The maximum atomic E-state index is 15.0. The van der Waals surface area contributed by atoms with Gasteiger partial charge in [0.15, 0.2) is 0 Å². The van der Waals surface area contributed by atoms with Crippen molar-refractivity contribution < 1.29 is 132 Å². The minimum absolute atomic E-state index is 0. The molecule has 30 heteroatoms. The number of hydrogen-bond acceptors (Lipinski definition) is 10. The molecule has 7 aromatic rings. The van der Waals surface area contributed by atoms with Gasteiger partial charge in [-0.25, -0.2) is 62.5 Å². The van der Waals surface area contributed by atoms with Crippen LogP contribution in [-0.2, 0) is 57.2 Å². The topological polar surface area (TPSA) is 256 Å². The molecule has 0 saturated carbocycles. The van der Waals surface area contributed by atoms with Crippen LogP contribution < -0.4 is 110 Å². The number of likely N-dealkylation sites (N-methyl/N-ethyl adjacent to an activating group) is 4. The molecule has 0 fully saturated rings. The minimum atomic E-state index is -4.14. The summed E-state index contributed by atoms with van der Waals surface area (Å²) < 4.78 is 132. The van der Waals surface area contributed by atoms with Gasteiger partial charge >= 0.3 is 17.1 Å². The Hall–Kier alpha value is -5.07. The van der Waals surface area contributed by atoms with Crippen LogP contribution in [0.15, 0.2) is 68.1 Å². The van der Waals surface area contributed by atoms with E-state index in [1.165, 1.54) is 19.6 Å². The maximum absolute atomic E-state index is 15.0. The van der Waals surface area contributed by atoms with Crippen molar-refractivity contribution in [2.75, 3.05) is 105 Å². The number of rotatable bonds is 32. The van der Waals surface area contributed by atoms with Crippen LogP contribution in [0.1, 0.15) is 145 Å². The standard InChI is InChI=1S/C80H108N12O8S4.5ClH.Mn/c1-21-89(22-2)41-37-81-101(93,94)77-53(13)45-49(9)69(57(77)17)73-61-29-31-63(85-61)74(70-50(10)46-54(14)78(58(70)18)102(95,96)82-38-42-90(23-3)24-4)65-33-35-67(87-65)76(72-52(12)48-56(16)80(60(72)20)104(99,100)84-40-44-92(27-7)28-8)68-36-34-66(88-68)75(64-32-30-62(73)86-64)71-51(11)47-55(15)79(59(71)19)103(97,98)83-39-43-91(25-5)26-6;;;;;;/h29-36,45-48,81-84H,21-28,37-44H2,1-20H3;5*1H;/q-2;;;;;;+3/p-1. The van der Waals surface area contributed by atoms with E-state index in [9.17, 15) is 33.7 Å². The molecule has 0 saturated heterocycles. The van der Waals surface area contributed by atoms with Crippen molar-refractivity contribution in [3.8, 4) is 44.5 Å². The first-order valence-electron chi connectivity index (χ1n) is 37.0. The first-order chi connectivity index (χ1) is 49.2. The molecule has 3 aromatic heterocycles. The van der Waals surface area contributed by atoms with Crippen molar-refractivity contribution in [3.05, 3.63) is 138 Å². The van der Waals surface area contributed by atoms with E-state index >= 15 is 0 Å². The summed E-state index contributed by atoms with van der Waals surface area (Å²) in [6.45, 7) is 48.9. The Labute approximate surface area is 697 Å². The molecule has 0 unspecified atom stereocenters. The Balaban J connectivity index is 0.00000523. The molecule has 5 heterocycles. The summed E-state index contributed by atoms with van der Waals surface area (Å²) >= 11 is 0. The number of sulfonamides is 4. The third-order valence-electron chi connectivity index (χ3n) is 21.4. The molecular formula is C80H112Cl5MnN12O8S4. The maximum Gasteiger partial charge on any atom is 3.00 e. The zero-order valence-electron chi connectivity index (χ0n) is 67.2. The Morgan fingerprint density at radius 1 is 0.291 bits per heavy atom. The Kier molecular flexibility index (Phi) is 37.4. The molecule has 8 N–H and O–H groups in total. The van der Waals surface area contributed by atoms with Gasteiger partial charge in [0, 0.05) is 5.56 Å². The predicted octanol–water partition coefficient (Wildman–Crippen LogP) is -7.89. The van der Waals surface area contributed by atoms with Crippen LogP contribution in [0.25, 0.3) is 90.9 Å². The van der Waals surface area contributed by atoms with Gasteiger partial charge in [-0.3, -0.25) is 0 Å². The van der Waals surface area contributed by atoms with Gasteiger partial charge < -0.3 is 91.6 Å². The molecule has 0 amide bonds. The van der Waals surface area contributed by atoms with Crippen LogP contribution >= 0.6 is 0 Å². The average molecular weight is 1730 g/mol. The zero-order chi connectivity index (χ0) is 76.2. The molecule has 0 radical (unpaired) electrons. The van der Waals surface area contributed by atoms with Gasteiger partial charge in [0.1, 0.15) is 0 Å². The van der Waals surface area contributed by atoms with Gasteiger partial charge in [-0.15, -0.1) is 22.1 Å². The predicted molar refractivity (Wildman–Crippen MR) is 424 cm³/mol. The first kappa shape index (κ1) is 99.1. The van der Waals surface area contributed by atoms with Gasteiger partial charge in [-0.05, 0) is 268 Å². The largest absolute Gasteiger partial charge is 3.00 e. The molecule has 8 bridgehead atoms. The summed E-state index contributed by atoms with van der Waals surface area (Å²) in [5.74, 6) is 0. The van der Waals surface area contributed by atoms with Crippen LogP contribution in [0, 0.1) is 83.1 Å². The molecule has 2 aliphatic rings. The van der Waals surface area contributed by atoms with E-state index in [-0.39, 0.29) is 125 Å².